The van der Waals surface area contributed by atoms with Crippen LogP contribution in [-0.4, -0.2) is 51.2 Å². The molecule has 1 heterocycles. The highest BCUT2D eigenvalue weighted by Crippen LogP contribution is 1.95. The maximum atomic E-state index is 3.41. The molecule has 1 fully saturated rings. The molecule has 0 radical (unpaired) electrons. The second-order valence-corrected chi connectivity index (χ2v) is 3.40. The third-order valence-electron chi connectivity index (χ3n) is 2.33. The molecule has 0 spiro atoms. The maximum Gasteiger partial charge on any atom is 0.0107 e. The molecule has 0 aromatic rings. The molecule has 1 saturated heterocycles. The lowest BCUT2D eigenvalue weighted by atomic mass is 10.3. The zero-order valence-corrected chi connectivity index (χ0v) is 10.1. The molecule has 3 nitrogen and oxygen atoms in total. The van der Waals surface area contributed by atoms with E-state index in [1.54, 1.807) is 0 Å². The summed E-state index contributed by atoms with van der Waals surface area (Å²) in [5, 5.41) is 6.59. The number of hydrogen-bond donors (Lipinski definition) is 2. The van der Waals surface area contributed by atoms with Crippen LogP contribution in [0.1, 0.15) is 28.1 Å². The summed E-state index contributed by atoms with van der Waals surface area (Å²) in [4.78, 5) is 2.55. The molecule has 0 aromatic heterocycles. The minimum atomic E-state index is 0. The summed E-state index contributed by atoms with van der Waals surface area (Å²) >= 11 is 0. The highest BCUT2D eigenvalue weighted by Gasteiger charge is 2.06. The molecule has 0 aliphatic carbocycles. The summed E-state index contributed by atoms with van der Waals surface area (Å²) in [5.41, 5.74) is 0. The fourth-order valence-corrected chi connectivity index (χ4v) is 1.60. The molecule has 88 valence electrons. The first-order valence-corrected chi connectivity index (χ1v) is 6.01. The second kappa shape index (κ2) is 11.0. The van der Waals surface area contributed by atoms with Gasteiger partial charge in [0.15, 0.2) is 0 Å². The molecular weight excluding hydrogens is 174 g/mol. The Balaban J connectivity index is 0. The van der Waals surface area contributed by atoms with Crippen LogP contribution >= 0.6 is 0 Å². The number of nitrogens with one attached hydrogen (secondary N) is 2. The number of hydrogen-bond acceptors (Lipinski definition) is 3. The second-order valence-electron chi connectivity index (χ2n) is 3.40. The van der Waals surface area contributed by atoms with Crippen LogP contribution < -0.4 is 10.6 Å². The predicted molar refractivity (Wildman–Crippen MR) is 65.9 cm³/mol. The molecule has 0 bridgehead atoms. The molecule has 0 saturated carbocycles. The van der Waals surface area contributed by atoms with Crippen molar-refractivity contribution in [3.63, 3.8) is 0 Å². The lowest BCUT2D eigenvalue weighted by Gasteiger charge is -2.18. The van der Waals surface area contributed by atoms with Gasteiger partial charge in [-0.1, -0.05) is 13.8 Å². The van der Waals surface area contributed by atoms with Crippen molar-refractivity contribution in [2.24, 2.45) is 0 Å². The smallest absolute Gasteiger partial charge is 0.0107 e. The van der Waals surface area contributed by atoms with Crippen LogP contribution in [0.3, 0.4) is 0 Å². The van der Waals surface area contributed by atoms with Crippen molar-refractivity contribution in [1.82, 2.24) is 15.5 Å². The highest BCUT2D eigenvalue weighted by atomic mass is 15.1. The molecule has 2 N–H and O–H groups in total. The van der Waals surface area contributed by atoms with Gasteiger partial charge < -0.3 is 15.5 Å². The minimum Gasteiger partial charge on any atom is -0.320 e. The average Bonchev–Trinajstić information content (AvgIpc) is 2.50. The Labute approximate surface area is 90.7 Å². The Morgan fingerprint density at radius 1 is 1.29 bits per heavy atom. The van der Waals surface area contributed by atoms with Gasteiger partial charge >= 0.3 is 0 Å². The van der Waals surface area contributed by atoms with Gasteiger partial charge in [0, 0.05) is 14.5 Å². The average molecular weight is 203 g/mol. The normalized spacial score (nSPS) is 18.2. The van der Waals surface area contributed by atoms with E-state index >= 15 is 0 Å². The quantitative estimate of drug-likeness (QED) is 0.672. The van der Waals surface area contributed by atoms with E-state index in [4.69, 9.17) is 0 Å². The molecule has 0 aromatic carbocycles. The van der Waals surface area contributed by atoms with Crippen molar-refractivity contribution in [3.05, 3.63) is 0 Å². The molecule has 1 aliphatic rings. The SMILES string of the molecule is CC.CNCCCN1CCCNCC1.[HH]. The summed E-state index contributed by atoms with van der Waals surface area (Å²) in [6.07, 6.45) is 2.58. The van der Waals surface area contributed by atoms with Crippen molar-refractivity contribution in [1.29, 1.82) is 0 Å². The summed E-state index contributed by atoms with van der Waals surface area (Å²) in [7, 11) is 2.02. The third-order valence-corrected chi connectivity index (χ3v) is 2.33. The molecule has 1 aliphatic heterocycles. The number of rotatable bonds is 4. The first-order chi connectivity index (χ1) is 6.93. The van der Waals surface area contributed by atoms with Crippen molar-refractivity contribution in [3.8, 4) is 0 Å². The van der Waals surface area contributed by atoms with Crippen LogP contribution in [0.25, 0.3) is 0 Å². The summed E-state index contributed by atoms with van der Waals surface area (Å²) in [6, 6.07) is 0. The van der Waals surface area contributed by atoms with Crippen LogP contribution in [0.2, 0.25) is 0 Å². The molecule has 14 heavy (non-hydrogen) atoms. The lowest BCUT2D eigenvalue weighted by molar-refractivity contribution is 0.288. The van der Waals surface area contributed by atoms with Crippen LogP contribution in [0.4, 0.5) is 0 Å². The topological polar surface area (TPSA) is 27.3 Å². The standard InChI is InChI=1S/C9H21N3.C2H6.H2/c1-10-4-2-7-12-8-3-5-11-6-9-12;1-2;/h10-11H,2-9H2,1H3;1-2H3;1H. The fraction of sp³-hybridized carbons (Fsp3) is 1.00. The van der Waals surface area contributed by atoms with E-state index in [1.165, 1.54) is 45.6 Å². The summed E-state index contributed by atoms with van der Waals surface area (Å²) < 4.78 is 0. The molecule has 0 unspecified atom stereocenters. The van der Waals surface area contributed by atoms with Crippen LogP contribution in [-0.2, 0) is 0 Å². The van der Waals surface area contributed by atoms with Crippen molar-refractivity contribution in [2.75, 3.05) is 46.3 Å². The van der Waals surface area contributed by atoms with Crippen LogP contribution in [0.5, 0.6) is 0 Å². The van der Waals surface area contributed by atoms with Gasteiger partial charge in [-0.25, -0.2) is 0 Å². The van der Waals surface area contributed by atoms with Crippen molar-refractivity contribution in [2.45, 2.75) is 26.7 Å². The Morgan fingerprint density at radius 2 is 2.07 bits per heavy atom. The van der Waals surface area contributed by atoms with Gasteiger partial charge in [0.05, 0.1) is 0 Å². The molecule has 0 atom stereocenters. The van der Waals surface area contributed by atoms with E-state index in [0.717, 1.165) is 6.54 Å². The lowest BCUT2D eigenvalue weighted by Crippen LogP contribution is -2.30. The van der Waals surface area contributed by atoms with Gasteiger partial charge in [0.1, 0.15) is 0 Å². The van der Waals surface area contributed by atoms with Crippen molar-refractivity contribution < 1.29 is 1.43 Å². The van der Waals surface area contributed by atoms with E-state index in [-0.39, 0.29) is 1.43 Å². The zero-order valence-electron chi connectivity index (χ0n) is 10.1. The van der Waals surface area contributed by atoms with Crippen molar-refractivity contribution >= 4 is 0 Å². The van der Waals surface area contributed by atoms with E-state index in [0.29, 0.717) is 0 Å². The molecule has 1 rings (SSSR count). The van der Waals surface area contributed by atoms with Gasteiger partial charge in [0.2, 0.25) is 0 Å². The van der Waals surface area contributed by atoms with E-state index in [1.807, 2.05) is 20.9 Å². The molecular formula is C11H29N3. The Morgan fingerprint density at radius 3 is 2.79 bits per heavy atom. The van der Waals surface area contributed by atoms with Gasteiger partial charge in [-0.2, -0.15) is 0 Å². The van der Waals surface area contributed by atoms with Gasteiger partial charge in [0.25, 0.3) is 0 Å². The summed E-state index contributed by atoms with van der Waals surface area (Å²) in [6.45, 7) is 11.3. The maximum absolute atomic E-state index is 3.41. The Kier molecular flexibility index (Phi) is 10.9. The Hall–Kier alpha value is -0.120. The zero-order chi connectivity index (χ0) is 10.6. The first-order valence-electron chi connectivity index (χ1n) is 6.01. The van der Waals surface area contributed by atoms with E-state index in [2.05, 4.69) is 15.5 Å². The largest absolute Gasteiger partial charge is 0.320 e. The van der Waals surface area contributed by atoms with Crippen LogP contribution in [0, 0.1) is 0 Å². The molecule has 3 heteroatoms. The van der Waals surface area contributed by atoms with Gasteiger partial charge in [-0.3, -0.25) is 0 Å². The Bertz CT molecular complexity index is 104. The minimum absolute atomic E-state index is 0. The fourth-order valence-electron chi connectivity index (χ4n) is 1.60. The van der Waals surface area contributed by atoms with E-state index < -0.39 is 0 Å². The van der Waals surface area contributed by atoms with Gasteiger partial charge in [-0.15, -0.1) is 0 Å². The summed E-state index contributed by atoms with van der Waals surface area (Å²) in [5.74, 6) is 0. The number of nitrogens with zero attached hydrogens (tertiary/aromatic N) is 1. The molecule has 0 amide bonds. The predicted octanol–water partition coefficient (Wildman–Crippen LogP) is 1.16. The van der Waals surface area contributed by atoms with Gasteiger partial charge in [-0.05, 0) is 46.1 Å². The van der Waals surface area contributed by atoms with Crippen LogP contribution in [0.15, 0.2) is 0 Å². The highest BCUT2D eigenvalue weighted by molar-refractivity contribution is 4.65. The third kappa shape index (κ3) is 7.30. The monoisotopic (exact) mass is 203 g/mol. The van der Waals surface area contributed by atoms with E-state index in [9.17, 15) is 0 Å². The first kappa shape index (κ1) is 13.9.